The standard InChI is InChI=1S/C14H22FN3O.HI/c1-3-19-11-10-18-14(16-2)17-9-8-12-6-4-5-7-13(12)15;/h4-7H,3,8-11H2,1-2H3,(H2,16,17,18);1H. The van der Waals surface area contributed by atoms with E-state index < -0.39 is 0 Å². The van der Waals surface area contributed by atoms with E-state index in [2.05, 4.69) is 15.6 Å². The van der Waals surface area contributed by atoms with Crippen LogP contribution in [0, 0.1) is 5.82 Å². The van der Waals surface area contributed by atoms with Crippen molar-refractivity contribution in [3.8, 4) is 0 Å². The van der Waals surface area contributed by atoms with Crippen LogP contribution in [0.2, 0.25) is 0 Å². The van der Waals surface area contributed by atoms with Crippen molar-refractivity contribution >= 4 is 29.9 Å². The van der Waals surface area contributed by atoms with Crippen LogP contribution in [0.25, 0.3) is 0 Å². The molecular formula is C14H23FIN3O. The number of halogens is 2. The molecule has 0 heterocycles. The fourth-order valence-corrected chi connectivity index (χ4v) is 1.62. The molecule has 1 aromatic carbocycles. The molecule has 2 N–H and O–H groups in total. The zero-order valence-corrected chi connectivity index (χ0v) is 14.3. The van der Waals surface area contributed by atoms with Crippen LogP contribution < -0.4 is 10.6 Å². The van der Waals surface area contributed by atoms with Crippen LogP contribution in [0.4, 0.5) is 4.39 Å². The van der Waals surface area contributed by atoms with E-state index >= 15 is 0 Å². The topological polar surface area (TPSA) is 45.6 Å². The van der Waals surface area contributed by atoms with Crippen LogP contribution in [0.1, 0.15) is 12.5 Å². The van der Waals surface area contributed by atoms with Gasteiger partial charge in [-0.2, -0.15) is 0 Å². The van der Waals surface area contributed by atoms with Crippen molar-refractivity contribution in [3.63, 3.8) is 0 Å². The smallest absolute Gasteiger partial charge is 0.191 e. The normalized spacial score (nSPS) is 10.8. The number of hydrogen-bond donors (Lipinski definition) is 2. The van der Waals surface area contributed by atoms with Gasteiger partial charge in [0, 0.05) is 26.7 Å². The molecule has 0 aliphatic rings. The predicted octanol–water partition coefficient (Wildman–Crippen LogP) is 2.19. The summed E-state index contributed by atoms with van der Waals surface area (Å²) in [6.45, 7) is 4.65. The minimum atomic E-state index is -0.163. The Bertz CT molecular complexity index is 402. The van der Waals surface area contributed by atoms with Crippen LogP contribution in [0.5, 0.6) is 0 Å². The molecule has 0 bridgehead atoms. The number of aliphatic imine (C=N–C) groups is 1. The third-order valence-corrected chi connectivity index (χ3v) is 2.61. The van der Waals surface area contributed by atoms with Crippen molar-refractivity contribution in [2.24, 2.45) is 4.99 Å². The Kier molecular flexibility index (Phi) is 11.4. The van der Waals surface area contributed by atoms with E-state index in [1.807, 2.05) is 13.0 Å². The molecule has 20 heavy (non-hydrogen) atoms. The van der Waals surface area contributed by atoms with E-state index in [0.29, 0.717) is 44.2 Å². The lowest BCUT2D eigenvalue weighted by Crippen LogP contribution is -2.39. The Balaban J connectivity index is 0.00000361. The van der Waals surface area contributed by atoms with Crippen molar-refractivity contribution in [3.05, 3.63) is 35.6 Å². The number of guanidine groups is 1. The minimum absolute atomic E-state index is 0. The molecule has 0 spiro atoms. The summed E-state index contributed by atoms with van der Waals surface area (Å²) in [5, 5.41) is 6.26. The zero-order valence-electron chi connectivity index (χ0n) is 12.0. The number of rotatable bonds is 7. The van der Waals surface area contributed by atoms with Crippen molar-refractivity contribution in [2.45, 2.75) is 13.3 Å². The van der Waals surface area contributed by atoms with E-state index in [-0.39, 0.29) is 29.8 Å². The predicted molar refractivity (Wildman–Crippen MR) is 91.4 cm³/mol. The highest BCUT2D eigenvalue weighted by Crippen LogP contribution is 2.05. The molecule has 0 amide bonds. The van der Waals surface area contributed by atoms with E-state index in [1.165, 1.54) is 6.07 Å². The molecule has 0 saturated carbocycles. The summed E-state index contributed by atoms with van der Waals surface area (Å²) in [5.74, 6) is 0.541. The highest BCUT2D eigenvalue weighted by molar-refractivity contribution is 14.0. The van der Waals surface area contributed by atoms with Gasteiger partial charge in [0.15, 0.2) is 5.96 Å². The first-order chi connectivity index (χ1) is 9.27. The molecule has 0 unspecified atom stereocenters. The summed E-state index contributed by atoms with van der Waals surface area (Å²) < 4.78 is 18.6. The molecule has 114 valence electrons. The first-order valence-electron chi connectivity index (χ1n) is 6.53. The Morgan fingerprint density at radius 1 is 1.25 bits per heavy atom. The van der Waals surface area contributed by atoms with E-state index in [0.717, 1.165) is 0 Å². The van der Waals surface area contributed by atoms with Gasteiger partial charge in [-0.1, -0.05) is 18.2 Å². The molecule has 4 nitrogen and oxygen atoms in total. The van der Waals surface area contributed by atoms with Crippen LogP contribution >= 0.6 is 24.0 Å². The van der Waals surface area contributed by atoms with Gasteiger partial charge in [-0.15, -0.1) is 24.0 Å². The van der Waals surface area contributed by atoms with Crippen LogP contribution in [-0.4, -0.2) is 39.3 Å². The molecule has 0 saturated heterocycles. The van der Waals surface area contributed by atoms with Crippen LogP contribution in [0.15, 0.2) is 29.3 Å². The Morgan fingerprint density at radius 3 is 2.60 bits per heavy atom. The maximum Gasteiger partial charge on any atom is 0.191 e. The largest absolute Gasteiger partial charge is 0.380 e. The van der Waals surface area contributed by atoms with Gasteiger partial charge in [0.1, 0.15) is 5.82 Å². The quantitative estimate of drug-likeness (QED) is 0.322. The highest BCUT2D eigenvalue weighted by atomic mass is 127. The molecule has 0 radical (unpaired) electrons. The zero-order chi connectivity index (χ0) is 13.9. The maximum atomic E-state index is 13.4. The molecule has 0 aliphatic carbocycles. The van der Waals surface area contributed by atoms with Gasteiger partial charge in [-0.05, 0) is 25.0 Å². The number of nitrogens with one attached hydrogen (secondary N) is 2. The van der Waals surface area contributed by atoms with Gasteiger partial charge in [0.25, 0.3) is 0 Å². The van der Waals surface area contributed by atoms with E-state index in [4.69, 9.17) is 4.74 Å². The lowest BCUT2D eigenvalue weighted by molar-refractivity contribution is 0.152. The van der Waals surface area contributed by atoms with Crippen LogP contribution in [-0.2, 0) is 11.2 Å². The fraction of sp³-hybridized carbons (Fsp3) is 0.500. The number of benzene rings is 1. The SMILES string of the molecule is CCOCCNC(=NC)NCCc1ccccc1F.I. The number of nitrogens with zero attached hydrogens (tertiary/aromatic N) is 1. The summed E-state index contributed by atoms with van der Waals surface area (Å²) >= 11 is 0. The molecule has 0 aromatic heterocycles. The number of ether oxygens (including phenoxy) is 1. The minimum Gasteiger partial charge on any atom is -0.380 e. The van der Waals surface area contributed by atoms with Gasteiger partial charge in [0.2, 0.25) is 0 Å². The summed E-state index contributed by atoms with van der Waals surface area (Å²) in [6, 6.07) is 6.81. The van der Waals surface area contributed by atoms with Gasteiger partial charge in [-0.25, -0.2) is 4.39 Å². The van der Waals surface area contributed by atoms with Crippen molar-refractivity contribution in [2.75, 3.05) is 33.4 Å². The second-order valence-electron chi connectivity index (χ2n) is 3.96. The van der Waals surface area contributed by atoms with Crippen molar-refractivity contribution < 1.29 is 9.13 Å². The summed E-state index contributed by atoms with van der Waals surface area (Å²) in [5.41, 5.74) is 0.708. The fourth-order valence-electron chi connectivity index (χ4n) is 1.62. The summed E-state index contributed by atoms with van der Waals surface area (Å²) in [4.78, 5) is 4.08. The molecule has 6 heteroatoms. The Morgan fingerprint density at radius 2 is 1.95 bits per heavy atom. The monoisotopic (exact) mass is 395 g/mol. The first kappa shape index (κ1) is 19.1. The van der Waals surface area contributed by atoms with Crippen molar-refractivity contribution in [1.29, 1.82) is 0 Å². The van der Waals surface area contributed by atoms with Gasteiger partial charge < -0.3 is 15.4 Å². The molecule has 0 atom stereocenters. The number of hydrogen-bond acceptors (Lipinski definition) is 2. The second kappa shape index (κ2) is 11.9. The van der Waals surface area contributed by atoms with Gasteiger partial charge in [-0.3, -0.25) is 4.99 Å². The molecule has 1 aromatic rings. The first-order valence-corrected chi connectivity index (χ1v) is 6.53. The highest BCUT2D eigenvalue weighted by Gasteiger charge is 2.01. The average Bonchev–Trinajstić information content (AvgIpc) is 2.43. The molecule has 1 rings (SSSR count). The second-order valence-corrected chi connectivity index (χ2v) is 3.96. The third-order valence-electron chi connectivity index (χ3n) is 2.61. The van der Waals surface area contributed by atoms with Gasteiger partial charge in [0.05, 0.1) is 6.61 Å². The maximum absolute atomic E-state index is 13.4. The third kappa shape index (κ3) is 7.64. The summed E-state index contributed by atoms with van der Waals surface area (Å²) in [7, 11) is 1.71. The molecule has 0 aliphatic heterocycles. The Hall–Kier alpha value is -0.890. The average molecular weight is 395 g/mol. The van der Waals surface area contributed by atoms with Gasteiger partial charge >= 0.3 is 0 Å². The lowest BCUT2D eigenvalue weighted by Gasteiger charge is -2.12. The Labute approximate surface area is 137 Å². The van der Waals surface area contributed by atoms with Crippen molar-refractivity contribution in [1.82, 2.24) is 10.6 Å². The van der Waals surface area contributed by atoms with Crippen LogP contribution in [0.3, 0.4) is 0 Å². The van der Waals surface area contributed by atoms with E-state index in [9.17, 15) is 4.39 Å². The molecular weight excluding hydrogens is 372 g/mol. The molecule has 0 fully saturated rings. The lowest BCUT2D eigenvalue weighted by atomic mass is 10.1. The van der Waals surface area contributed by atoms with E-state index in [1.54, 1.807) is 19.2 Å². The summed E-state index contributed by atoms with van der Waals surface area (Å²) in [6.07, 6.45) is 0.624.